The fraction of sp³-hybridized carbons (Fsp3) is 0.600. The number of sulfonamides is 1. The number of piperidine rings is 1. The Labute approximate surface area is 127 Å². The van der Waals surface area contributed by atoms with Crippen LogP contribution < -0.4 is 5.73 Å². The van der Waals surface area contributed by atoms with Crippen LogP contribution in [-0.2, 0) is 27.1 Å². The molecule has 0 amide bonds. The lowest BCUT2D eigenvalue weighted by Crippen LogP contribution is -2.46. The zero-order valence-electron chi connectivity index (χ0n) is 12.7. The Morgan fingerprint density at radius 1 is 1.33 bits per heavy atom. The summed E-state index contributed by atoms with van der Waals surface area (Å²) in [7, 11) is -1.70. The largest absolute Gasteiger partial charge is 0.380 e. The van der Waals surface area contributed by atoms with Crippen LogP contribution in [-0.4, -0.2) is 39.0 Å². The average Bonchev–Trinajstić information content (AvgIpc) is 2.47. The van der Waals surface area contributed by atoms with E-state index in [0.29, 0.717) is 25.6 Å². The average molecular weight is 312 g/mol. The highest BCUT2D eigenvalue weighted by Gasteiger charge is 2.33. The monoisotopic (exact) mass is 312 g/mol. The molecule has 1 aromatic carbocycles. The van der Waals surface area contributed by atoms with Gasteiger partial charge in [-0.3, -0.25) is 0 Å². The Hall–Kier alpha value is -0.950. The predicted molar refractivity (Wildman–Crippen MR) is 83.1 cm³/mol. The quantitative estimate of drug-likeness (QED) is 0.890. The summed E-state index contributed by atoms with van der Waals surface area (Å²) in [6, 6.07) is 7.43. The van der Waals surface area contributed by atoms with Gasteiger partial charge in [0.2, 0.25) is 10.0 Å². The molecule has 0 aromatic heterocycles. The van der Waals surface area contributed by atoms with E-state index in [0.717, 1.165) is 17.5 Å². The van der Waals surface area contributed by atoms with Crippen LogP contribution in [0.25, 0.3) is 0 Å². The molecule has 0 bridgehead atoms. The Morgan fingerprint density at radius 2 is 2.00 bits per heavy atom. The van der Waals surface area contributed by atoms with Gasteiger partial charge in [-0.05, 0) is 23.5 Å². The van der Waals surface area contributed by atoms with Crippen LogP contribution in [0.5, 0.6) is 0 Å². The maximum absolute atomic E-state index is 12.6. The van der Waals surface area contributed by atoms with Crippen molar-refractivity contribution in [3.05, 3.63) is 35.4 Å². The molecule has 2 unspecified atom stereocenters. The number of nitrogens with two attached hydrogens (primary N) is 1. The number of ether oxygens (including phenoxy) is 1. The highest BCUT2D eigenvalue weighted by Crippen LogP contribution is 2.24. The van der Waals surface area contributed by atoms with Gasteiger partial charge in [0.05, 0.1) is 11.9 Å². The third-order valence-corrected chi connectivity index (χ3v) is 6.02. The van der Waals surface area contributed by atoms with Crippen LogP contribution in [0.1, 0.15) is 24.5 Å². The van der Waals surface area contributed by atoms with Gasteiger partial charge in [-0.15, -0.1) is 0 Å². The lowest BCUT2D eigenvalue weighted by Gasteiger charge is -2.35. The Balaban J connectivity index is 2.15. The molecule has 0 aliphatic carbocycles. The summed E-state index contributed by atoms with van der Waals surface area (Å²) < 4.78 is 32.2. The van der Waals surface area contributed by atoms with Crippen molar-refractivity contribution in [1.29, 1.82) is 0 Å². The maximum Gasteiger partial charge on any atom is 0.218 e. The minimum Gasteiger partial charge on any atom is -0.380 e. The molecular formula is C15H24N2O3S. The van der Waals surface area contributed by atoms with Gasteiger partial charge in [0.1, 0.15) is 0 Å². The van der Waals surface area contributed by atoms with Gasteiger partial charge in [-0.2, -0.15) is 4.31 Å². The summed E-state index contributed by atoms with van der Waals surface area (Å²) in [5.41, 5.74) is 7.35. The molecule has 118 valence electrons. The van der Waals surface area contributed by atoms with Gasteiger partial charge in [-0.25, -0.2) is 8.42 Å². The van der Waals surface area contributed by atoms with Crippen molar-refractivity contribution in [1.82, 2.24) is 4.31 Å². The first kappa shape index (κ1) is 16.4. The first-order chi connectivity index (χ1) is 9.97. The number of benzene rings is 1. The van der Waals surface area contributed by atoms with E-state index < -0.39 is 10.0 Å². The van der Waals surface area contributed by atoms with Crippen LogP contribution in [0.15, 0.2) is 24.3 Å². The molecule has 6 heteroatoms. The van der Waals surface area contributed by atoms with Gasteiger partial charge in [0, 0.05) is 26.7 Å². The van der Waals surface area contributed by atoms with Crippen LogP contribution in [0.3, 0.4) is 0 Å². The molecule has 2 atom stereocenters. The molecule has 0 saturated carbocycles. The molecule has 5 nitrogen and oxygen atoms in total. The third-order valence-electron chi connectivity index (χ3n) is 4.22. The predicted octanol–water partition coefficient (Wildman–Crippen LogP) is 1.33. The normalized spacial score (nSPS) is 24.1. The number of methoxy groups -OCH3 is 1. The van der Waals surface area contributed by atoms with Crippen LogP contribution in [0, 0.1) is 5.92 Å². The first-order valence-electron chi connectivity index (χ1n) is 7.25. The molecule has 1 heterocycles. The molecule has 1 aliphatic heterocycles. The Kier molecular flexibility index (Phi) is 5.37. The molecule has 0 spiro atoms. The summed E-state index contributed by atoms with van der Waals surface area (Å²) in [6.45, 7) is 3.45. The van der Waals surface area contributed by atoms with Crippen molar-refractivity contribution in [2.75, 3.05) is 20.2 Å². The van der Waals surface area contributed by atoms with E-state index in [2.05, 4.69) is 6.92 Å². The lowest BCUT2D eigenvalue weighted by atomic mass is 9.97. The van der Waals surface area contributed by atoms with Crippen molar-refractivity contribution in [2.24, 2.45) is 11.7 Å². The van der Waals surface area contributed by atoms with E-state index in [1.165, 1.54) is 0 Å². The van der Waals surface area contributed by atoms with E-state index in [9.17, 15) is 8.42 Å². The minimum atomic E-state index is -3.34. The van der Waals surface area contributed by atoms with Crippen molar-refractivity contribution >= 4 is 10.0 Å². The fourth-order valence-electron chi connectivity index (χ4n) is 2.75. The summed E-state index contributed by atoms with van der Waals surface area (Å²) >= 11 is 0. The number of hydrogen-bond donors (Lipinski definition) is 1. The fourth-order valence-corrected chi connectivity index (χ4v) is 4.37. The van der Waals surface area contributed by atoms with E-state index in [1.807, 2.05) is 24.3 Å². The van der Waals surface area contributed by atoms with Crippen LogP contribution >= 0.6 is 0 Å². The third kappa shape index (κ3) is 3.83. The molecule has 21 heavy (non-hydrogen) atoms. The second-order valence-corrected chi connectivity index (χ2v) is 7.60. The maximum atomic E-state index is 12.6. The highest BCUT2D eigenvalue weighted by molar-refractivity contribution is 7.88. The van der Waals surface area contributed by atoms with Crippen molar-refractivity contribution in [2.45, 2.75) is 31.7 Å². The molecule has 2 rings (SSSR count). The van der Waals surface area contributed by atoms with E-state index >= 15 is 0 Å². The summed E-state index contributed by atoms with van der Waals surface area (Å²) in [5.74, 6) is 0.392. The first-order valence-corrected chi connectivity index (χ1v) is 8.86. The summed E-state index contributed by atoms with van der Waals surface area (Å²) in [4.78, 5) is 0. The SMILES string of the molecule is COC1CN(S(=O)(=O)Cc2ccccc2CN)CCC1C. The van der Waals surface area contributed by atoms with E-state index in [-0.39, 0.29) is 11.9 Å². The van der Waals surface area contributed by atoms with Crippen LogP contribution in [0.2, 0.25) is 0 Å². The molecular weight excluding hydrogens is 288 g/mol. The molecule has 1 aliphatic rings. The Bertz CT molecular complexity index is 574. The van der Waals surface area contributed by atoms with Crippen LogP contribution in [0.4, 0.5) is 0 Å². The molecule has 1 aromatic rings. The topological polar surface area (TPSA) is 72.6 Å². The van der Waals surface area contributed by atoms with Crippen molar-refractivity contribution in [3.8, 4) is 0 Å². The van der Waals surface area contributed by atoms with Gasteiger partial charge in [-0.1, -0.05) is 31.2 Å². The second-order valence-electron chi connectivity index (χ2n) is 5.63. The number of hydrogen-bond acceptors (Lipinski definition) is 4. The van der Waals surface area contributed by atoms with Crippen molar-refractivity contribution in [3.63, 3.8) is 0 Å². The zero-order chi connectivity index (χ0) is 15.5. The van der Waals surface area contributed by atoms with Gasteiger partial charge < -0.3 is 10.5 Å². The highest BCUT2D eigenvalue weighted by atomic mass is 32.2. The standard InChI is InChI=1S/C15H24N2O3S/c1-12-7-8-17(10-15(12)20-2)21(18,19)11-14-6-4-3-5-13(14)9-16/h3-6,12,15H,7-11,16H2,1-2H3. The van der Waals surface area contributed by atoms with E-state index in [1.54, 1.807) is 11.4 Å². The van der Waals surface area contributed by atoms with Gasteiger partial charge >= 0.3 is 0 Å². The minimum absolute atomic E-state index is 0.00515. The second kappa shape index (κ2) is 6.87. The smallest absolute Gasteiger partial charge is 0.218 e. The molecule has 2 N–H and O–H groups in total. The summed E-state index contributed by atoms with van der Waals surface area (Å²) in [6.07, 6.45) is 0.800. The number of rotatable bonds is 5. The Morgan fingerprint density at radius 3 is 2.62 bits per heavy atom. The molecule has 1 fully saturated rings. The number of nitrogens with zero attached hydrogens (tertiary/aromatic N) is 1. The van der Waals surface area contributed by atoms with Crippen molar-refractivity contribution < 1.29 is 13.2 Å². The lowest BCUT2D eigenvalue weighted by molar-refractivity contribution is 0.0183. The molecule has 1 saturated heterocycles. The van der Waals surface area contributed by atoms with Gasteiger partial charge in [0.15, 0.2) is 0 Å². The molecule has 0 radical (unpaired) electrons. The van der Waals surface area contributed by atoms with Gasteiger partial charge in [0.25, 0.3) is 0 Å². The van der Waals surface area contributed by atoms with E-state index in [4.69, 9.17) is 10.5 Å². The summed E-state index contributed by atoms with van der Waals surface area (Å²) in [5, 5.41) is 0. The zero-order valence-corrected chi connectivity index (χ0v) is 13.5.